The number of hydrazone groups is 1. The Morgan fingerprint density at radius 2 is 1.96 bits per heavy atom. The van der Waals surface area contributed by atoms with Gasteiger partial charge in [-0.1, -0.05) is 6.07 Å². The molecule has 0 saturated carbocycles. The normalized spacial score (nSPS) is 22.6. The quantitative estimate of drug-likeness (QED) is 0.463. The average Bonchev–Trinajstić information content (AvgIpc) is 3.08. The van der Waals surface area contributed by atoms with Gasteiger partial charge in [-0.25, -0.2) is 9.69 Å². The van der Waals surface area contributed by atoms with Crippen LogP contribution in [-0.2, 0) is 19.1 Å². The molecule has 0 aromatic heterocycles. The molecular formula is C16H16N4O5. The molecule has 0 aliphatic carbocycles. The van der Waals surface area contributed by atoms with Gasteiger partial charge >= 0.3 is 5.97 Å². The van der Waals surface area contributed by atoms with Crippen molar-refractivity contribution in [3.05, 3.63) is 34.2 Å². The van der Waals surface area contributed by atoms with Crippen LogP contribution in [0.3, 0.4) is 0 Å². The Hall–Kier alpha value is -3.10. The van der Waals surface area contributed by atoms with Crippen LogP contribution in [-0.4, -0.2) is 41.3 Å². The van der Waals surface area contributed by atoms with Gasteiger partial charge in [0.05, 0.1) is 24.5 Å². The maximum Gasteiger partial charge on any atom is 0.354 e. The molecule has 9 nitrogen and oxygen atoms in total. The fourth-order valence-corrected chi connectivity index (χ4v) is 3.07. The number of hydrogen-bond acceptors (Lipinski definition) is 7. The minimum absolute atomic E-state index is 0.120. The molecule has 3 rings (SSSR count). The topological polar surface area (TPSA) is 109 Å². The number of rotatable bonds is 3. The minimum Gasteiger partial charge on any atom is -0.464 e. The summed E-state index contributed by atoms with van der Waals surface area (Å²) in [5, 5.41) is 7.09. The second-order valence-corrected chi connectivity index (χ2v) is 6.10. The summed E-state index contributed by atoms with van der Waals surface area (Å²) in [5.41, 5.74) is 0.618. The van der Waals surface area contributed by atoms with Crippen LogP contribution in [0.1, 0.15) is 24.0 Å². The van der Waals surface area contributed by atoms with E-state index >= 15 is 0 Å². The van der Waals surface area contributed by atoms with Crippen LogP contribution in [0.15, 0.2) is 28.6 Å². The van der Waals surface area contributed by atoms with Gasteiger partial charge < -0.3 is 4.74 Å². The third-order valence-corrected chi connectivity index (χ3v) is 4.60. The number of carbonyl (C=O) groups excluding carboxylic acids is 3. The molecule has 25 heavy (non-hydrogen) atoms. The van der Waals surface area contributed by atoms with E-state index in [0.717, 1.165) is 23.1 Å². The van der Waals surface area contributed by atoms with Gasteiger partial charge in [0.1, 0.15) is 0 Å². The molecule has 2 aliphatic rings. The number of aryl methyl sites for hydroxylation is 2. The van der Waals surface area contributed by atoms with Crippen LogP contribution in [0.5, 0.6) is 0 Å². The van der Waals surface area contributed by atoms with Crippen molar-refractivity contribution in [2.24, 2.45) is 10.4 Å². The van der Waals surface area contributed by atoms with Crippen LogP contribution < -0.4 is 4.90 Å². The molecule has 1 saturated heterocycles. The lowest BCUT2D eigenvalue weighted by Gasteiger charge is -2.25. The Morgan fingerprint density at radius 1 is 1.24 bits per heavy atom. The molecular weight excluding hydrogens is 328 g/mol. The summed E-state index contributed by atoms with van der Waals surface area (Å²) < 4.78 is 4.58. The smallest absolute Gasteiger partial charge is 0.354 e. The van der Waals surface area contributed by atoms with E-state index in [1.165, 1.54) is 0 Å². The van der Waals surface area contributed by atoms with Crippen molar-refractivity contribution in [1.29, 1.82) is 0 Å². The minimum atomic E-state index is -1.61. The monoisotopic (exact) mass is 344 g/mol. The Morgan fingerprint density at radius 3 is 2.56 bits per heavy atom. The largest absolute Gasteiger partial charge is 0.464 e. The van der Waals surface area contributed by atoms with Crippen molar-refractivity contribution >= 4 is 29.2 Å². The lowest BCUT2D eigenvalue weighted by atomic mass is 9.92. The molecule has 2 amide bonds. The van der Waals surface area contributed by atoms with E-state index in [1.54, 1.807) is 18.2 Å². The van der Waals surface area contributed by atoms with E-state index in [4.69, 9.17) is 0 Å². The van der Waals surface area contributed by atoms with E-state index in [2.05, 4.69) is 15.1 Å². The lowest BCUT2D eigenvalue weighted by Crippen LogP contribution is -2.48. The van der Waals surface area contributed by atoms with Crippen molar-refractivity contribution in [1.82, 2.24) is 5.12 Å². The number of amides is 2. The van der Waals surface area contributed by atoms with E-state index in [-0.39, 0.29) is 18.6 Å². The molecule has 1 atom stereocenters. The molecule has 0 radical (unpaired) electrons. The fraction of sp³-hybridized carbons (Fsp3) is 0.375. The number of anilines is 1. The summed E-state index contributed by atoms with van der Waals surface area (Å²) in [6, 6.07) is 5.18. The third-order valence-electron chi connectivity index (χ3n) is 4.60. The summed E-state index contributed by atoms with van der Waals surface area (Å²) in [7, 11) is 1.16. The van der Waals surface area contributed by atoms with E-state index in [1.807, 2.05) is 13.8 Å². The standard InChI is InChI=1S/C16H16N4O5/c1-9-4-5-11(6-10(9)2)19-13(21)8-16(15(19)23)7-12(14(22)25-3)17-20(16)18-24/h4-6H,7-8H2,1-3H3. The SMILES string of the molecule is COC(=O)C1=NN(N=O)C2(CC(=O)N(c3ccc(C)c(C)c3)C2=O)C1. The Balaban J connectivity index is 1.99. The maximum absolute atomic E-state index is 13.0. The summed E-state index contributed by atoms with van der Waals surface area (Å²) in [6.45, 7) is 3.78. The number of imide groups is 1. The number of hydrogen-bond donors (Lipinski definition) is 0. The number of benzene rings is 1. The summed E-state index contributed by atoms with van der Waals surface area (Å²) in [6.07, 6.45) is -0.508. The molecule has 1 aromatic rings. The van der Waals surface area contributed by atoms with E-state index in [9.17, 15) is 19.3 Å². The van der Waals surface area contributed by atoms with Gasteiger partial charge in [-0.15, -0.1) is 15.1 Å². The number of esters is 1. The van der Waals surface area contributed by atoms with Crippen LogP contribution in [0, 0.1) is 18.8 Å². The highest BCUT2D eigenvalue weighted by Crippen LogP contribution is 2.40. The second kappa shape index (κ2) is 5.76. The maximum atomic E-state index is 13.0. The zero-order valence-electron chi connectivity index (χ0n) is 14.0. The molecule has 1 unspecified atom stereocenters. The molecule has 2 aliphatic heterocycles. The Labute approximate surface area is 143 Å². The van der Waals surface area contributed by atoms with Gasteiger partial charge in [-0.05, 0) is 37.1 Å². The van der Waals surface area contributed by atoms with Crippen LogP contribution in [0.4, 0.5) is 5.69 Å². The fourth-order valence-electron chi connectivity index (χ4n) is 3.07. The molecule has 0 N–H and O–H groups in total. The zero-order chi connectivity index (χ0) is 18.4. The molecule has 1 spiro atoms. The van der Waals surface area contributed by atoms with Crippen LogP contribution in [0.2, 0.25) is 0 Å². The van der Waals surface area contributed by atoms with Gasteiger partial charge in [0.25, 0.3) is 5.91 Å². The Bertz CT molecular complexity index is 834. The van der Waals surface area contributed by atoms with Crippen molar-refractivity contribution in [3.8, 4) is 0 Å². The zero-order valence-corrected chi connectivity index (χ0v) is 14.0. The highest BCUT2D eigenvalue weighted by molar-refractivity contribution is 6.39. The molecule has 1 fully saturated rings. The first-order valence-electron chi connectivity index (χ1n) is 7.58. The predicted molar refractivity (Wildman–Crippen MR) is 87.5 cm³/mol. The summed E-state index contributed by atoms with van der Waals surface area (Å²) >= 11 is 0. The van der Waals surface area contributed by atoms with Gasteiger partial charge in [0, 0.05) is 6.42 Å². The van der Waals surface area contributed by atoms with Gasteiger partial charge in [-0.3, -0.25) is 9.59 Å². The van der Waals surface area contributed by atoms with Crippen molar-refractivity contribution in [2.75, 3.05) is 12.0 Å². The molecule has 2 heterocycles. The van der Waals surface area contributed by atoms with Crippen molar-refractivity contribution < 1.29 is 19.1 Å². The van der Waals surface area contributed by atoms with Gasteiger partial charge in [0.2, 0.25) is 5.91 Å². The third kappa shape index (κ3) is 2.39. The van der Waals surface area contributed by atoms with E-state index in [0.29, 0.717) is 10.8 Å². The van der Waals surface area contributed by atoms with E-state index < -0.39 is 23.3 Å². The Kier molecular flexibility index (Phi) is 3.86. The van der Waals surface area contributed by atoms with Crippen LogP contribution >= 0.6 is 0 Å². The van der Waals surface area contributed by atoms with Crippen LogP contribution in [0.25, 0.3) is 0 Å². The second-order valence-electron chi connectivity index (χ2n) is 6.10. The first-order valence-corrected chi connectivity index (χ1v) is 7.58. The number of ether oxygens (including phenoxy) is 1. The molecule has 1 aromatic carbocycles. The molecule has 0 bridgehead atoms. The predicted octanol–water partition coefficient (Wildman–Crippen LogP) is 1.22. The number of nitrogens with zero attached hydrogens (tertiary/aromatic N) is 4. The number of carbonyl (C=O) groups is 3. The summed E-state index contributed by atoms with van der Waals surface area (Å²) in [4.78, 5) is 49.4. The number of nitroso groups, excluding NO2 is 1. The van der Waals surface area contributed by atoms with Gasteiger partial charge in [-0.2, -0.15) is 0 Å². The molecule has 9 heteroatoms. The first kappa shape index (κ1) is 16.7. The average molecular weight is 344 g/mol. The summed E-state index contributed by atoms with van der Waals surface area (Å²) in [5.74, 6) is -1.89. The number of methoxy groups -OCH3 is 1. The van der Waals surface area contributed by atoms with Crippen molar-refractivity contribution in [3.63, 3.8) is 0 Å². The first-order chi connectivity index (χ1) is 11.8. The van der Waals surface area contributed by atoms with Gasteiger partial charge in [0.15, 0.2) is 11.3 Å². The molecule has 130 valence electrons. The highest BCUT2D eigenvalue weighted by atomic mass is 16.5. The van der Waals surface area contributed by atoms with Crippen molar-refractivity contribution in [2.45, 2.75) is 32.2 Å². The lowest BCUT2D eigenvalue weighted by molar-refractivity contribution is -0.132. The highest BCUT2D eigenvalue weighted by Gasteiger charge is 2.61.